The second-order valence-electron chi connectivity index (χ2n) is 9.92. The van der Waals surface area contributed by atoms with Gasteiger partial charge in [0.15, 0.2) is 0 Å². The third-order valence-electron chi connectivity index (χ3n) is 8.18. The quantitative estimate of drug-likeness (QED) is 0.791. The molecule has 4 bridgehead atoms. The number of ether oxygens (including phenoxy) is 1. The van der Waals surface area contributed by atoms with E-state index in [1.165, 1.54) is 19.2 Å². The molecule has 0 spiro atoms. The summed E-state index contributed by atoms with van der Waals surface area (Å²) in [5, 5.41) is 13.8. The monoisotopic (exact) mass is 416 g/mol. The molecule has 1 saturated heterocycles. The van der Waals surface area contributed by atoms with Crippen LogP contribution in [0.3, 0.4) is 0 Å². The van der Waals surface area contributed by atoms with Crippen molar-refractivity contribution in [1.29, 1.82) is 0 Å². The molecule has 1 aromatic carbocycles. The van der Waals surface area contributed by atoms with Gasteiger partial charge in [0.25, 0.3) is 0 Å². The van der Waals surface area contributed by atoms with E-state index in [1.807, 2.05) is 12.1 Å². The Hall–Kier alpha value is -2.15. The topological polar surface area (TPSA) is 78.9 Å². The van der Waals surface area contributed by atoms with Crippen molar-refractivity contribution in [2.24, 2.45) is 17.8 Å². The Morgan fingerprint density at radius 1 is 1.17 bits per heavy atom. The number of alkyl carbamates (subject to hydrolysis) is 1. The first-order chi connectivity index (χ1) is 14.3. The minimum atomic E-state index is -0.602. The number of nitrogens with zero attached hydrogens (tertiary/aromatic N) is 1. The van der Waals surface area contributed by atoms with Crippen LogP contribution in [0.5, 0.6) is 0 Å². The summed E-state index contributed by atoms with van der Waals surface area (Å²) in [7, 11) is 1.32. The smallest absolute Gasteiger partial charge is 0.407 e. The molecule has 1 aromatic rings. The lowest BCUT2D eigenvalue weighted by Crippen LogP contribution is -2.65. The van der Waals surface area contributed by atoms with Gasteiger partial charge in [0.05, 0.1) is 18.8 Å². The Labute approximate surface area is 175 Å². The Morgan fingerprint density at radius 3 is 2.37 bits per heavy atom. The first-order valence-corrected chi connectivity index (χ1v) is 10.9. The molecule has 6 nitrogen and oxygen atoms in total. The molecule has 30 heavy (non-hydrogen) atoms. The minimum Gasteiger partial charge on any atom is -0.453 e. The molecular formula is C23H29FN2O4. The van der Waals surface area contributed by atoms with Crippen LogP contribution in [0.4, 0.5) is 9.18 Å². The average Bonchev–Trinajstić information content (AvgIpc) is 2.66. The maximum atomic E-state index is 13.7. The van der Waals surface area contributed by atoms with Crippen LogP contribution in [0, 0.1) is 23.6 Å². The molecule has 2 amide bonds. The number of methoxy groups -OCH3 is 1. The van der Waals surface area contributed by atoms with E-state index < -0.39 is 11.7 Å². The molecule has 4 saturated carbocycles. The van der Waals surface area contributed by atoms with Crippen LogP contribution in [-0.2, 0) is 14.9 Å². The lowest BCUT2D eigenvalue weighted by atomic mass is 9.41. The third-order valence-corrected chi connectivity index (χ3v) is 8.18. The summed E-state index contributed by atoms with van der Waals surface area (Å²) in [6.07, 6.45) is 4.26. The van der Waals surface area contributed by atoms with E-state index in [1.54, 1.807) is 4.90 Å². The van der Waals surface area contributed by atoms with E-state index in [9.17, 15) is 19.1 Å². The van der Waals surface area contributed by atoms with Crippen molar-refractivity contribution in [3.05, 3.63) is 35.6 Å². The molecule has 0 aromatic heterocycles. The fourth-order valence-electron chi connectivity index (χ4n) is 7.04. The first-order valence-electron chi connectivity index (χ1n) is 10.9. The van der Waals surface area contributed by atoms with Crippen LogP contribution >= 0.6 is 0 Å². The van der Waals surface area contributed by atoms with E-state index in [4.69, 9.17) is 0 Å². The van der Waals surface area contributed by atoms with E-state index in [0.717, 1.165) is 37.7 Å². The van der Waals surface area contributed by atoms with Gasteiger partial charge in [-0.25, -0.2) is 9.18 Å². The SMILES string of the molecule is COC(=O)NC1CN(C(=O)CC2(c3ccc(F)cc3)C3CC4CC2CC(O)(C4)C3)C1. The highest BCUT2D eigenvalue weighted by atomic mass is 19.1. The summed E-state index contributed by atoms with van der Waals surface area (Å²) >= 11 is 0. The van der Waals surface area contributed by atoms with Crippen molar-refractivity contribution in [3.63, 3.8) is 0 Å². The van der Waals surface area contributed by atoms with E-state index in [2.05, 4.69) is 10.1 Å². The molecule has 7 heteroatoms. The minimum absolute atomic E-state index is 0.0710. The predicted octanol–water partition coefficient (Wildman–Crippen LogP) is 2.59. The molecule has 5 aliphatic rings. The second-order valence-corrected chi connectivity index (χ2v) is 9.92. The Bertz CT molecular complexity index is 835. The van der Waals surface area contributed by atoms with Crippen LogP contribution < -0.4 is 5.32 Å². The zero-order valence-corrected chi connectivity index (χ0v) is 17.3. The Morgan fingerprint density at radius 2 is 1.80 bits per heavy atom. The van der Waals surface area contributed by atoms with Crippen molar-refractivity contribution in [1.82, 2.24) is 10.2 Å². The fraction of sp³-hybridized carbons (Fsp3) is 0.652. The maximum absolute atomic E-state index is 13.7. The fourth-order valence-corrected chi connectivity index (χ4v) is 7.04. The Kier molecular flexibility index (Phi) is 4.58. The summed E-state index contributed by atoms with van der Waals surface area (Å²) < 4.78 is 18.3. The molecule has 1 heterocycles. The van der Waals surface area contributed by atoms with Crippen molar-refractivity contribution >= 4 is 12.0 Å². The zero-order chi connectivity index (χ0) is 21.1. The summed E-state index contributed by atoms with van der Waals surface area (Å²) in [5.74, 6) is 0.777. The van der Waals surface area contributed by atoms with Gasteiger partial charge in [-0.05, 0) is 67.6 Å². The Balaban J connectivity index is 1.39. The standard InChI is InChI=1S/C23H29FN2O4/c1-30-21(28)25-19-12-26(13-19)20(27)11-23(15-2-4-18(24)5-3-15)16-6-14-7-17(23)10-22(29,8-14)9-16/h2-5,14,16-17,19,29H,6-13H2,1H3,(H,25,28). The van der Waals surface area contributed by atoms with Crippen molar-refractivity contribution < 1.29 is 23.8 Å². The predicted molar refractivity (Wildman–Crippen MR) is 107 cm³/mol. The molecule has 2 N–H and O–H groups in total. The molecule has 0 radical (unpaired) electrons. The van der Waals surface area contributed by atoms with Gasteiger partial charge in [-0.1, -0.05) is 12.1 Å². The van der Waals surface area contributed by atoms with Gasteiger partial charge in [0.1, 0.15) is 5.82 Å². The van der Waals surface area contributed by atoms with Gasteiger partial charge in [0.2, 0.25) is 5.91 Å². The maximum Gasteiger partial charge on any atom is 0.407 e. The van der Waals surface area contributed by atoms with Crippen LogP contribution in [0.2, 0.25) is 0 Å². The summed E-state index contributed by atoms with van der Waals surface area (Å²) in [4.78, 5) is 26.5. The highest BCUT2D eigenvalue weighted by Gasteiger charge is 2.63. The lowest BCUT2D eigenvalue weighted by Gasteiger charge is -2.64. The largest absolute Gasteiger partial charge is 0.453 e. The van der Waals surface area contributed by atoms with E-state index in [-0.39, 0.29) is 35.0 Å². The van der Waals surface area contributed by atoms with Crippen molar-refractivity contribution in [2.75, 3.05) is 20.2 Å². The number of halogens is 1. The van der Waals surface area contributed by atoms with Crippen LogP contribution in [-0.4, -0.2) is 53.8 Å². The molecule has 4 aliphatic carbocycles. The molecule has 2 atom stereocenters. The zero-order valence-electron chi connectivity index (χ0n) is 17.3. The first kappa shape index (κ1) is 19.8. The second kappa shape index (κ2) is 6.94. The molecule has 6 rings (SSSR count). The summed E-state index contributed by atoms with van der Waals surface area (Å²) in [6, 6.07) is 6.57. The van der Waals surface area contributed by atoms with E-state index >= 15 is 0 Å². The summed E-state index contributed by atoms with van der Waals surface area (Å²) in [6.45, 7) is 0.963. The molecule has 5 fully saturated rings. The number of rotatable bonds is 4. The van der Waals surface area contributed by atoms with Gasteiger partial charge in [-0.3, -0.25) is 4.79 Å². The van der Waals surface area contributed by atoms with E-state index in [0.29, 0.717) is 25.4 Å². The van der Waals surface area contributed by atoms with Crippen LogP contribution in [0.15, 0.2) is 24.3 Å². The van der Waals surface area contributed by atoms with Gasteiger partial charge < -0.3 is 20.1 Å². The van der Waals surface area contributed by atoms with Gasteiger partial charge >= 0.3 is 6.09 Å². The van der Waals surface area contributed by atoms with Gasteiger partial charge in [-0.2, -0.15) is 0 Å². The normalized spacial score (nSPS) is 37.0. The number of carbonyl (C=O) groups is 2. The number of hydrogen-bond donors (Lipinski definition) is 2. The number of benzene rings is 1. The number of aliphatic hydroxyl groups is 1. The summed E-state index contributed by atoms with van der Waals surface area (Å²) in [5.41, 5.74) is 0.0730. The van der Waals surface area contributed by atoms with Crippen LogP contribution in [0.25, 0.3) is 0 Å². The lowest BCUT2D eigenvalue weighted by molar-refractivity contribution is -0.173. The third kappa shape index (κ3) is 3.09. The number of amides is 2. The molecule has 162 valence electrons. The molecule has 2 unspecified atom stereocenters. The highest BCUT2D eigenvalue weighted by molar-refractivity contribution is 5.79. The van der Waals surface area contributed by atoms with Crippen molar-refractivity contribution in [2.45, 2.75) is 55.6 Å². The molecule has 1 aliphatic heterocycles. The molecular weight excluding hydrogens is 387 g/mol. The average molecular weight is 416 g/mol. The number of likely N-dealkylation sites (tertiary alicyclic amines) is 1. The van der Waals surface area contributed by atoms with Gasteiger partial charge in [0, 0.05) is 24.9 Å². The number of carbonyl (C=O) groups excluding carboxylic acids is 2. The van der Waals surface area contributed by atoms with Crippen LogP contribution in [0.1, 0.15) is 44.1 Å². The van der Waals surface area contributed by atoms with Gasteiger partial charge in [-0.15, -0.1) is 0 Å². The van der Waals surface area contributed by atoms with Crippen molar-refractivity contribution in [3.8, 4) is 0 Å². The number of nitrogens with one attached hydrogen (secondary N) is 1. The highest BCUT2D eigenvalue weighted by Crippen LogP contribution is 2.65. The number of hydrogen-bond acceptors (Lipinski definition) is 4.